The van der Waals surface area contributed by atoms with Crippen molar-refractivity contribution in [3.63, 3.8) is 0 Å². The lowest BCUT2D eigenvalue weighted by molar-refractivity contribution is -0.120. The van der Waals surface area contributed by atoms with E-state index >= 15 is 0 Å². The number of hydrogen-bond donors (Lipinski definition) is 2. The zero-order chi connectivity index (χ0) is 13.8. The van der Waals surface area contributed by atoms with Gasteiger partial charge in [0.2, 0.25) is 5.91 Å². The summed E-state index contributed by atoms with van der Waals surface area (Å²) in [6, 6.07) is 10.7. The molecule has 19 heavy (non-hydrogen) atoms. The van der Waals surface area contributed by atoms with Gasteiger partial charge >= 0.3 is 5.97 Å². The van der Waals surface area contributed by atoms with Crippen molar-refractivity contribution in [2.24, 2.45) is 0 Å². The largest absolute Gasteiger partial charge is 0.478 e. The summed E-state index contributed by atoms with van der Waals surface area (Å²) in [6.07, 6.45) is 0.190. The van der Waals surface area contributed by atoms with E-state index in [2.05, 4.69) is 5.32 Å². The number of nitrogens with one attached hydrogen (secondary N) is 1. The van der Waals surface area contributed by atoms with Crippen LogP contribution in [-0.2, 0) is 11.2 Å². The number of rotatable bonds is 4. The number of carbonyl (C=O) groups excluding carboxylic acids is 1. The molecule has 2 N–H and O–H groups in total. The molecule has 4 heteroatoms. The van der Waals surface area contributed by atoms with E-state index in [1.165, 1.54) is 0 Å². The first-order valence-electron chi connectivity index (χ1n) is 6.13. The molecule has 0 bridgehead atoms. The van der Waals surface area contributed by atoms with Crippen LogP contribution >= 0.6 is 0 Å². The predicted molar refractivity (Wildman–Crippen MR) is 73.3 cm³/mol. The summed E-state index contributed by atoms with van der Waals surface area (Å²) in [5.74, 6) is -1.09. The average Bonchev–Trinajstić information content (AvgIpc) is 2.38. The highest BCUT2D eigenvalue weighted by Crippen LogP contribution is 2.21. The van der Waals surface area contributed by atoms with Crippen LogP contribution in [0.15, 0.2) is 36.4 Å². The summed E-state index contributed by atoms with van der Waals surface area (Å²) in [5, 5.41) is 13.6. The van der Waals surface area contributed by atoms with Crippen molar-refractivity contribution in [2.75, 3.05) is 6.54 Å². The minimum atomic E-state index is -0.983. The lowest BCUT2D eigenvalue weighted by atomic mass is 9.98. The normalized spacial score (nSPS) is 10.4. The summed E-state index contributed by atoms with van der Waals surface area (Å²) < 4.78 is 0. The summed E-state index contributed by atoms with van der Waals surface area (Å²) in [5.41, 5.74) is 0.944. The molecule has 0 unspecified atom stereocenters. The first-order valence-corrected chi connectivity index (χ1v) is 6.13. The zero-order valence-electron chi connectivity index (χ0n) is 10.6. The number of amides is 1. The molecular formula is C15H15NO3. The minimum absolute atomic E-state index is 0.102. The Morgan fingerprint density at radius 2 is 1.95 bits per heavy atom. The molecule has 0 spiro atoms. The van der Waals surface area contributed by atoms with Gasteiger partial charge in [-0.2, -0.15) is 0 Å². The molecule has 0 fully saturated rings. The van der Waals surface area contributed by atoms with Gasteiger partial charge in [-0.15, -0.1) is 0 Å². The van der Waals surface area contributed by atoms with Gasteiger partial charge < -0.3 is 10.4 Å². The van der Waals surface area contributed by atoms with E-state index in [4.69, 9.17) is 5.11 Å². The Balaban J connectivity index is 2.50. The summed E-state index contributed by atoms with van der Waals surface area (Å²) in [4.78, 5) is 22.8. The molecule has 2 aromatic carbocycles. The van der Waals surface area contributed by atoms with Crippen LogP contribution in [0.3, 0.4) is 0 Å². The van der Waals surface area contributed by atoms with Crippen molar-refractivity contribution in [2.45, 2.75) is 13.3 Å². The number of carboxylic acids is 1. The van der Waals surface area contributed by atoms with Crippen molar-refractivity contribution in [3.8, 4) is 0 Å². The molecule has 0 saturated carbocycles. The fourth-order valence-corrected chi connectivity index (χ4v) is 2.09. The number of hydrogen-bond acceptors (Lipinski definition) is 2. The predicted octanol–water partition coefficient (Wildman–Crippen LogP) is 2.22. The molecule has 0 atom stereocenters. The molecule has 2 aromatic rings. The monoisotopic (exact) mass is 257 g/mol. The van der Waals surface area contributed by atoms with E-state index < -0.39 is 5.97 Å². The third kappa shape index (κ3) is 2.91. The minimum Gasteiger partial charge on any atom is -0.478 e. The highest BCUT2D eigenvalue weighted by molar-refractivity contribution is 5.97. The van der Waals surface area contributed by atoms with Gasteiger partial charge in [-0.1, -0.05) is 24.3 Å². The van der Waals surface area contributed by atoms with Crippen LogP contribution in [0.1, 0.15) is 22.8 Å². The quantitative estimate of drug-likeness (QED) is 0.882. The van der Waals surface area contributed by atoms with E-state index in [-0.39, 0.29) is 17.9 Å². The lowest BCUT2D eigenvalue weighted by Crippen LogP contribution is -2.24. The highest BCUT2D eigenvalue weighted by Gasteiger charge is 2.11. The van der Waals surface area contributed by atoms with Gasteiger partial charge in [-0.3, -0.25) is 4.79 Å². The first-order chi connectivity index (χ1) is 9.11. The topological polar surface area (TPSA) is 66.4 Å². The van der Waals surface area contributed by atoms with E-state index in [0.717, 1.165) is 16.3 Å². The lowest BCUT2D eigenvalue weighted by Gasteiger charge is -2.08. The third-order valence-corrected chi connectivity index (χ3v) is 2.92. The van der Waals surface area contributed by atoms with Crippen LogP contribution in [0.4, 0.5) is 0 Å². The number of carboxylic acid groups (broad SMARTS) is 1. The van der Waals surface area contributed by atoms with Crippen molar-refractivity contribution in [1.29, 1.82) is 0 Å². The molecule has 4 nitrogen and oxygen atoms in total. The number of carbonyl (C=O) groups is 2. The molecule has 0 aromatic heterocycles. The van der Waals surface area contributed by atoms with Gasteiger partial charge in [-0.25, -0.2) is 4.79 Å². The van der Waals surface area contributed by atoms with Crippen LogP contribution < -0.4 is 5.32 Å². The molecule has 0 aliphatic carbocycles. The van der Waals surface area contributed by atoms with Crippen LogP contribution in [-0.4, -0.2) is 23.5 Å². The standard InChI is InChI=1S/C15H15NO3/c1-2-16-14(17)9-11-8-12(15(18)19)7-10-5-3-4-6-13(10)11/h3-8H,2,9H2,1H3,(H,16,17)(H,18,19). The van der Waals surface area contributed by atoms with Crippen molar-refractivity contribution in [1.82, 2.24) is 5.32 Å². The van der Waals surface area contributed by atoms with Crippen LogP contribution in [0.5, 0.6) is 0 Å². The second-order valence-corrected chi connectivity index (χ2v) is 4.29. The van der Waals surface area contributed by atoms with Crippen molar-refractivity contribution in [3.05, 3.63) is 47.5 Å². The van der Waals surface area contributed by atoms with Crippen molar-refractivity contribution >= 4 is 22.6 Å². The molecule has 0 saturated heterocycles. The van der Waals surface area contributed by atoms with E-state index in [1.807, 2.05) is 31.2 Å². The summed E-state index contributed by atoms with van der Waals surface area (Å²) in [6.45, 7) is 2.42. The zero-order valence-corrected chi connectivity index (χ0v) is 10.6. The fourth-order valence-electron chi connectivity index (χ4n) is 2.09. The van der Waals surface area contributed by atoms with Gasteiger partial charge in [0.15, 0.2) is 0 Å². The van der Waals surface area contributed by atoms with Gasteiger partial charge in [0.25, 0.3) is 0 Å². The summed E-state index contributed by atoms with van der Waals surface area (Å²) >= 11 is 0. The smallest absolute Gasteiger partial charge is 0.335 e. The molecule has 2 rings (SSSR count). The first kappa shape index (κ1) is 13.1. The Labute approximate surface area is 111 Å². The van der Waals surface area contributed by atoms with Gasteiger partial charge in [0.1, 0.15) is 0 Å². The van der Waals surface area contributed by atoms with Gasteiger partial charge in [-0.05, 0) is 35.4 Å². The van der Waals surface area contributed by atoms with E-state index in [9.17, 15) is 9.59 Å². The maximum atomic E-state index is 11.7. The van der Waals surface area contributed by atoms with Crippen LogP contribution in [0.2, 0.25) is 0 Å². The summed E-state index contributed by atoms with van der Waals surface area (Å²) in [7, 11) is 0. The molecular weight excluding hydrogens is 242 g/mol. The molecule has 98 valence electrons. The highest BCUT2D eigenvalue weighted by atomic mass is 16.4. The Kier molecular flexibility index (Phi) is 3.80. The number of likely N-dealkylation sites (N-methyl/N-ethyl adjacent to an activating group) is 1. The Bertz CT molecular complexity index is 634. The molecule has 0 aliphatic heterocycles. The van der Waals surface area contributed by atoms with E-state index in [0.29, 0.717) is 6.54 Å². The molecule has 1 amide bonds. The second kappa shape index (κ2) is 5.52. The van der Waals surface area contributed by atoms with Crippen molar-refractivity contribution < 1.29 is 14.7 Å². The van der Waals surface area contributed by atoms with Gasteiger partial charge in [0.05, 0.1) is 12.0 Å². The average molecular weight is 257 g/mol. The number of benzene rings is 2. The number of aromatic carboxylic acids is 1. The van der Waals surface area contributed by atoms with E-state index in [1.54, 1.807) is 12.1 Å². The molecule has 0 aliphatic rings. The molecule has 0 radical (unpaired) electrons. The Morgan fingerprint density at radius 3 is 2.63 bits per heavy atom. The third-order valence-electron chi connectivity index (χ3n) is 2.92. The maximum absolute atomic E-state index is 11.7. The Morgan fingerprint density at radius 1 is 1.21 bits per heavy atom. The molecule has 0 heterocycles. The van der Waals surface area contributed by atoms with Crippen LogP contribution in [0, 0.1) is 0 Å². The van der Waals surface area contributed by atoms with Gasteiger partial charge in [0, 0.05) is 6.54 Å². The van der Waals surface area contributed by atoms with Crippen LogP contribution in [0.25, 0.3) is 10.8 Å². The second-order valence-electron chi connectivity index (χ2n) is 4.29. The maximum Gasteiger partial charge on any atom is 0.335 e. The Hall–Kier alpha value is -2.36. The fraction of sp³-hybridized carbons (Fsp3) is 0.200. The SMILES string of the molecule is CCNC(=O)Cc1cc(C(=O)O)cc2ccccc12. The number of fused-ring (bicyclic) bond motifs is 1.